The number of carbonyl (C=O) groups is 1. The lowest BCUT2D eigenvalue weighted by molar-refractivity contribution is -0.139. The van der Waals surface area contributed by atoms with Crippen LogP contribution in [0.4, 0.5) is 13.2 Å². The van der Waals surface area contributed by atoms with Crippen LogP contribution < -0.4 is 4.74 Å². The van der Waals surface area contributed by atoms with Crippen LogP contribution in [0.25, 0.3) is 0 Å². The first kappa shape index (κ1) is 16.4. The van der Waals surface area contributed by atoms with Gasteiger partial charge in [0.1, 0.15) is 11.3 Å². The highest BCUT2D eigenvalue weighted by Gasteiger charge is 2.35. The van der Waals surface area contributed by atoms with Crippen molar-refractivity contribution in [2.24, 2.45) is 0 Å². The Labute approximate surface area is 129 Å². The van der Waals surface area contributed by atoms with Crippen molar-refractivity contribution in [3.63, 3.8) is 0 Å². The number of rotatable bonds is 4. The van der Waals surface area contributed by atoms with Crippen molar-refractivity contribution in [2.45, 2.75) is 11.1 Å². The summed E-state index contributed by atoms with van der Waals surface area (Å²) >= 11 is 1.52. The number of ketones is 1. The van der Waals surface area contributed by atoms with Crippen LogP contribution in [0.15, 0.2) is 41.3 Å². The Morgan fingerprint density at radius 1 is 1.14 bits per heavy atom. The van der Waals surface area contributed by atoms with Gasteiger partial charge in [-0.2, -0.15) is 13.2 Å². The van der Waals surface area contributed by atoms with Crippen LogP contribution in [-0.4, -0.2) is 24.1 Å². The fourth-order valence-electron chi connectivity index (χ4n) is 1.83. The SMILES string of the molecule is COc1nc(C(=O)c2ccc(SC)cc2)ccc1C(F)(F)F. The number of pyridine rings is 1. The Hall–Kier alpha value is -2.02. The van der Waals surface area contributed by atoms with Crippen LogP contribution in [0.1, 0.15) is 21.6 Å². The van der Waals surface area contributed by atoms with Crippen molar-refractivity contribution < 1.29 is 22.7 Å². The molecule has 0 radical (unpaired) electrons. The van der Waals surface area contributed by atoms with E-state index < -0.39 is 23.4 Å². The maximum absolute atomic E-state index is 12.8. The molecule has 0 aliphatic heterocycles. The number of nitrogens with zero attached hydrogens (tertiary/aromatic N) is 1. The van der Waals surface area contributed by atoms with E-state index in [1.54, 1.807) is 24.3 Å². The lowest BCUT2D eigenvalue weighted by Gasteiger charge is -2.11. The standard InChI is InChI=1S/C15H12F3NO2S/c1-21-14-11(15(16,17)18)7-8-12(19-14)13(20)9-3-5-10(22-2)6-4-9/h3-8H,1-2H3. The highest BCUT2D eigenvalue weighted by molar-refractivity contribution is 7.98. The Bertz CT molecular complexity index is 684. The molecule has 2 rings (SSSR count). The highest BCUT2D eigenvalue weighted by atomic mass is 32.2. The number of halogens is 3. The zero-order valence-electron chi connectivity index (χ0n) is 11.8. The van der Waals surface area contributed by atoms with Crippen LogP contribution in [-0.2, 0) is 6.18 Å². The summed E-state index contributed by atoms with van der Waals surface area (Å²) in [4.78, 5) is 16.9. The van der Waals surface area contributed by atoms with E-state index >= 15 is 0 Å². The molecule has 116 valence electrons. The van der Waals surface area contributed by atoms with E-state index in [-0.39, 0.29) is 5.69 Å². The first-order chi connectivity index (χ1) is 10.4. The summed E-state index contributed by atoms with van der Waals surface area (Å²) in [5, 5.41) is 0. The smallest absolute Gasteiger partial charge is 0.421 e. The molecule has 0 bridgehead atoms. The van der Waals surface area contributed by atoms with Gasteiger partial charge in [0.05, 0.1) is 7.11 Å². The molecule has 0 unspecified atom stereocenters. The molecule has 0 spiro atoms. The van der Waals surface area contributed by atoms with E-state index in [2.05, 4.69) is 9.72 Å². The normalized spacial score (nSPS) is 11.3. The van der Waals surface area contributed by atoms with E-state index in [1.165, 1.54) is 11.8 Å². The van der Waals surface area contributed by atoms with Gasteiger partial charge in [-0.25, -0.2) is 4.98 Å². The van der Waals surface area contributed by atoms with Crippen molar-refractivity contribution in [1.82, 2.24) is 4.98 Å². The quantitative estimate of drug-likeness (QED) is 0.627. The topological polar surface area (TPSA) is 39.2 Å². The number of carbonyl (C=O) groups excluding carboxylic acids is 1. The highest BCUT2D eigenvalue weighted by Crippen LogP contribution is 2.35. The maximum atomic E-state index is 12.8. The number of methoxy groups -OCH3 is 1. The predicted octanol–water partition coefficient (Wildman–Crippen LogP) is 4.06. The fraction of sp³-hybridized carbons (Fsp3) is 0.200. The van der Waals surface area contributed by atoms with Gasteiger partial charge in [-0.1, -0.05) is 0 Å². The second-order valence-corrected chi connectivity index (χ2v) is 5.19. The van der Waals surface area contributed by atoms with E-state index in [4.69, 9.17) is 0 Å². The number of thioether (sulfide) groups is 1. The van der Waals surface area contributed by atoms with Crippen LogP contribution in [0.3, 0.4) is 0 Å². The van der Waals surface area contributed by atoms with Gasteiger partial charge < -0.3 is 4.74 Å². The molecule has 3 nitrogen and oxygen atoms in total. The summed E-state index contributed by atoms with van der Waals surface area (Å²) < 4.78 is 43.0. The summed E-state index contributed by atoms with van der Waals surface area (Å²) in [7, 11) is 1.08. The van der Waals surface area contributed by atoms with Crippen LogP contribution >= 0.6 is 11.8 Å². The minimum Gasteiger partial charge on any atom is -0.481 e. The number of hydrogen-bond acceptors (Lipinski definition) is 4. The molecule has 0 saturated carbocycles. The molecular weight excluding hydrogens is 315 g/mol. The summed E-state index contributed by atoms with van der Waals surface area (Å²) in [5.74, 6) is -1.07. The number of alkyl halides is 3. The number of aromatic nitrogens is 1. The van der Waals surface area contributed by atoms with Crippen molar-refractivity contribution in [3.05, 3.63) is 53.2 Å². The molecule has 0 aliphatic carbocycles. The second-order valence-electron chi connectivity index (χ2n) is 4.31. The molecule has 0 saturated heterocycles. The number of hydrogen-bond donors (Lipinski definition) is 0. The molecule has 0 amide bonds. The Morgan fingerprint density at radius 3 is 2.27 bits per heavy atom. The van der Waals surface area contributed by atoms with Crippen LogP contribution in [0, 0.1) is 0 Å². The summed E-state index contributed by atoms with van der Waals surface area (Å²) in [6.45, 7) is 0. The lowest BCUT2D eigenvalue weighted by Crippen LogP contribution is -2.12. The zero-order chi connectivity index (χ0) is 16.3. The predicted molar refractivity (Wildman–Crippen MR) is 77.4 cm³/mol. The van der Waals surface area contributed by atoms with E-state index in [0.29, 0.717) is 5.56 Å². The molecule has 2 aromatic rings. The van der Waals surface area contributed by atoms with Gasteiger partial charge in [0.2, 0.25) is 11.7 Å². The Morgan fingerprint density at radius 2 is 1.77 bits per heavy atom. The van der Waals surface area contributed by atoms with Crippen molar-refractivity contribution in [1.29, 1.82) is 0 Å². The third kappa shape index (κ3) is 3.41. The Kier molecular flexibility index (Phi) is 4.75. The first-order valence-electron chi connectivity index (χ1n) is 6.18. The molecule has 22 heavy (non-hydrogen) atoms. The van der Waals surface area contributed by atoms with Crippen molar-refractivity contribution in [3.8, 4) is 5.88 Å². The molecule has 7 heteroatoms. The largest absolute Gasteiger partial charge is 0.481 e. The molecule has 0 N–H and O–H groups in total. The van der Waals surface area contributed by atoms with Gasteiger partial charge in [-0.15, -0.1) is 11.8 Å². The van der Waals surface area contributed by atoms with E-state index in [1.807, 2.05) is 6.26 Å². The van der Waals surface area contributed by atoms with Gasteiger partial charge in [-0.3, -0.25) is 4.79 Å². The van der Waals surface area contributed by atoms with Gasteiger partial charge in [0.15, 0.2) is 0 Å². The summed E-state index contributed by atoms with van der Waals surface area (Å²) in [5.41, 5.74) is -0.752. The molecule has 1 aromatic heterocycles. The third-order valence-electron chi connectivity index (χ3n) is 2.94. The third-order valence-corrected chi connectivity index (χ3v) is 3.69. The molecule has 1 aromatic carbocycles. The van der Waals surface area contributed by atoms with Crippen LogP contribution in [0.5, 0.6) is 5.88 Å². The minimum atomic E-state index is -4.58. The van der Waals surface area contributed by atoms with Gasteiger partial charge >= 0.3 is 6.18 Å². The molecular formula is C15H12F3NO2S. The van der Waals surface area contributed by atoms with Gasteiger partial charge in [0, 0.05) is 10.5 Å². The Balaban J connectivity index is 2.37. The van der Waals surface area contributed by atoms with Crippen molar-refractivity contribution >= 4 is 17.5 Å². The molecule has 0 atom stereocenters. The zero-order valence-corrected chi connectivity index (χ0v) is 12.6. The molecule has 1 heterocycles. The minimum absolute atomic E-state index is 0.0956. The van der Waals surface area contributed by atoms with E-state index in [9.17, 15) is 18.0 Å². The summed E-state index contributed by atoms with van der Waals surface area (Å²) in [6, 6.07) is 8.60. The van der Waals surface area contributed by atoms with E-state index in [0.717, 1.165) is 24.1 Å². The van der Waals surface area contributed by atoms with Gasteiger partial charge in [0.25, 0.3) is 0 Å². The lowest BCUT2D eigenvalue weighted by atomic mass is 10.1. The molecule has 0 aliphatic rings. The number of ether oxygens (including phenoxy) is 1. The average molecular weight is 327 g/mol. The maximum Gasteiger partial charge on any atom is 0.421 e. The monoisotopic (exact) mass is 327 g/mol. The molecule has 0 fully saturated rings. The average Bonchev–Trinajstić information content (AvgIpc) is 2.52. The van der Waals surface area contributed by atoms with Crippen molar-refractivity contribution in [2.75, 3.05) is 13.4 Å². The van der Waals surface area contributed by atoms with Gasteiger partial charge in [-0.05, 0) is 42.7 Å². The summed E-state index contributed by atoms with van der Waals surface area (Å²) in [6.07, 6.45) is -2.68. The number of benzene rings is 1. The second kappa shape index (κ2) is 6.39. The first-order valence-corrected chi connectivity index (χ1v) is 7.40. The fourth-order valence-corrected chi connectivity index (χ4v) is 2.24. The van der Waals surface area contributed by atoms with Crippen LogP contribution in [0.2, 0.25) is 0 Å².